The fourth-order valence-electron chi connectivity index (χ4n) is 2.25. The molecule has 0 heterocycles. The third-order valence-electron chi connectivity index (χ3n) is 3.47. The smallest absolute Gasteiger partial charge is 0.247 e. The number of amides is 1. The Kier molecular flexibility index (Phi) is 5.92. The number of nitrogens with zero attached hydrogens (tertiary/aromatic N) is 1. The second-order valence-corrected chi connectivity index (χ2v) is 5.16. The van der Waals surface area contributed by atoms with Crippen molar-refractivity contribution in [3.63, 3.8) is 0 Å². The summed E-state index contributed by atoms with van der Waals surface area (Å²) in [4.78, 5) is 14.1. The molecule has 0 aliphatic carbocycles. The maximum atomic E-state index is 12.5. The largest absolute Gasteiger partial charge is 0.395 e. The lowest BCUT2D eigenvalue weighted by Crippen LogP contribution is -2.31. The second-order valence-electron chi connectivity index (χ2n) is 5.16. The molecule has 1 amide bonds. The van der Waals surface area contributed by atoms with Crippen molar-refractivity contribution < 1.29 is 9.90 Å². The summed E-state index contributed by atoms with van der Waals surface area (Å²) in [6, 6.07) is 19.6. The number of rotatable bonds is 6. The van der Waals surface area contributed by atoms with Crippen LogP contribution in [0.2, 0.25) is 0 Å². The van der Waals surface area contributed by atoms with Gasteiger partial charge >= 0.3 is 0 Å². The fraction of sp³-hybridized carbons (Fsp3) is 0.211. The van der Waals surface area contributed by atoms with Gasteiger partial charge in [0.1, 0.15) is 0 Å². The first-order valence-electron chi connectivity index (χ1n) is 7.38. The van der Waals surface area contributed by atoms with Crippen LogP contribution in [0.1, 0.15) is 18.1 Å². The van der Waals surface area contributed by atoms with Crippen LogP contribution in [-0.2, 0) is 11.3 Å². The summed E-state index contributed by atoms with van der Waals surface area (Å²) in [5.41, 5.74) is 3.00. The molecule has 22 heavy (non-hydrogen) atoms. The van der Waals surface area contributed by atoms with Gasteiger partial charge in [0.15, 0.2) is 0 Å². The third kappa shape index (κ3) is 4.57. The Labute approximate surface area is 131 Å². The average Bonchev–Trinajstić information content (AvgIpc) is 2.56. The van der Waals surface area contributed by atoms with E-state index in [1.54, 1.807) is 11.0 Å². The number of hydrogen-bond donors (Lipinski definition) is 1. The Hall–Kier alpha value is -2.39. The van der Waals surface area contributed by atoms with Crippen molar-refractivity contribution >= 4 is 11.5 Å². The van der Waals surface area contributed by atoms with Gasteiger partial charge < -0.3 is 10.0 Å². The Bertz CT molecular complexity index is 620. The minimum atomic E-state index is -0.0840. The van der Waals surface area contributed by atoms with Gasteiger partial charge in [-0.15, -0.1) is 0 Å². The number of allylic oxidation sites excluding steroid dienone is 1. The number of carbonyl (C=O) groups is 1. The Morgan fingerprint density at radius 2 is 1.64 bits per heavy atom. The predicted octanol–water partition coefficient (Wildman–Crippen LogP) is 3.11. The average molecular weight is 295 g/mol. The van der Waals surface area contributed by atoms with E-state index in [9.17, 15) is 9.90 Å². The number of aliphatic hydroxyl groups excluding tert-OH is 1. The Balaban J connectivity index is 2.12. The van der Waals surface area contributed by atoms with Gasteiger partial charge in [0.05, 0.1) is 6.61 Å². The van der Waals surface area contributed by atoms with E-state index in [0.717, 1.165) is 16.7 Å². The summed E-state index contributed by atoms with van der Waals surface area (Å²) in [7, 11) is 0. The van der Waals surface area contributed by atoms with E-state index in [4.69, 9.17) is 0 Å². The summed E-state index contributed by atoms with van der Waals surface area (Å²) in [6.45, 7) is 2.70. The van der Waals surface area contributed by atoms with Crippen LogP contribution < -0.4 is 0 Å². The molecule has 2 aromatic carbocycles. The zero-order valence-electron chi connectivity index (χ0n) is 12.8. The highest BCUT2D eigenvalue weighted by molar-refractivity contribution is 5.94. The highest BCUT2D eigenvalue weighted by atomic mass is 16.3. The van der Waals surface area contributed by atoms with Crippen molar-refractivity contribution in [3.8, 4) is 0 Å². The van der Waals surface area contributed by atoms with Crippen molar-refractivity contribution in [2.75, 3.05) is 13.2 Å². The molecule has 0 spiro atoms. The van der Waals surface area contributed by atoms with Gasteiger partial charge in [0.2, 0.25) is 5.91 Å². The summed E-state index contributed by atoms with van der Waals surface area (Å²) in [6.07, 6.45) is 1.63. The van der Waals surface area contributed by atoms with Crippen LogP contribution >= 0.6 is 0 Å². The van der Waals surface area contributed by atoms with E-state index in [-0.39, 0.29) is 12.5 Å². The van der Waals surface area contributed by atoms with E-state index >= 15 is 0 Å². The lowest BCUT2D eigenvalue weighted by Gasteiger charge is -2.20. The first-order chi connectivity index (χ1) is 10.7. The highest BCUT2D eigenvalue weighted by Crippen LogP contribution is 2.14. The van der Waals surface area contributed by atoms with E-state index < -0.39 is 0 Å². The monoisotopic (exact) mass is 295 g/mol. The summed E-state index contributed by atoms with van der Waals surface area (Å²) in [5.74, 6) is -0.0840. The van der Waals surface area contributed by atoms with Gasteiger partial charge in [0.25, 0.3) is 0 Å². The molecule has 0 bridgehead atoms. The first kappa shape index (κ1) is 16.0. The predicted molar refractivity (Wildman–Crippen MR) is 89.0 cm³/mol. The van der Waals surface area contributed by atoms with Crippen LogP contribution in [-0.4, -0.2) is 29.1 Å². The molecule has 3 heteroatoms. The standard InChI is InChI=1S/C19H21NO2/c1-16(18-10-6-3-7-11-18)14-19(22)20(12-13-21)15-17-8-4-2-5-9-17/h2-11,14,21H,12-13,15H2,1H3/b16-14-. The SMILES string of the molecule is C/C(=C/C(=O)N(CCO)Cc1ccccc1)c1ccccc1. The molecule has 0 aromatic heterocycles. The van der Waals surface area contributed by atoms with Gasteiger partial charge in [0, 0.05) is 19.2 Å². The summed E-state index contributed by atoms with van der Waals surface area (Å²) < 4.78 is 0. The van der Waals surface area contributed by atoms with Gasteiger partial charge in [-0.2, -0.15) is 0 Å². The molecule has 2 aromatic rings. The van der Waals surface area contributed by atoms with Crippen LogP contribution in [0.5, 0.6) is 0 Å². The van der Waals surface area contributed by atoms with Crippen LogP contribution in [0.15, 0.2) is 66.7 Å². The molecule has 114 valence electrons. The molecule has 0 saturated carbocycles. The van der Waals surface area contributed by atoms with Crippen molar-refractivity contribution in [1.29, 1.82) is 0 Å². The molecule has 2 rings (SSSR count). The number of carbonyl (C=O) groups excluding carboxylic acids is 1. The van der Waals surface area contributed by atoms with Gasteiger partial charge in [-0.1, -0.05) is 60.7 Å². The first-order valence-corrected chi connectivity index (χ1v) is 7.38. The number of aliphatic hydroxyl groups is 1. The van der Waals surface area contributed by atoms with Crippen molar-refractivity contribution in [2.45, 2.75) is 13.5 Å². The van der Waals surface area contributed by atoms with Crippen molar-refractivity contribution in [2.24, 2.45) is 0 Å². The quantitative estimate of drug-likeness (QED) is 0.832. The zero-order valence-corrected chi connectivity index (χ0v) is 12.8. The Morgan fingerprint density at radius 1 is 1.05 bits per heavy atom. The van der Waals surface area contributed by atoms with Gasteiger partial charge in [-0.3, -0.25) is 4.79 Å². The highest BCUT2D eigenvalue weighted by Gasteiger charge is 2.11. The van der Waals surface area contributed by atoms with E-state index in [0.29, 0.717) is 13.1 Å². The zero-order chi connectivity index (χ0) is 15.8. The molecule has 0 radical (unpaired) electrons. The van der Waals surface area contributed by atoms with E-state index in [1.165, 1.54) is 0 Å². The molecule has 0 fully saturated rings. The third-order valence-corrected chi connectivity index (χ3v) is 3.47. The minimum absolute atomic E-state index is 0.0448. The van der Waals surface area contributed by atoms with E-state index in [1.807, 2.05) is 67.6 Å². The van der Waals surface area contributed by atoms with Gasteiger partial charge in [-0.25, -0.2) is 0 Å². The summed E-state index contributed by atoms with van der Waals surface area (Å²) >= 11 is 0. The molecule has 0 unspecified atom stereocenters. The number of hydrogen-bond acceptors (Lipinski definition) is 2. The van der Waals surface area contributed by atoms with Crippen LogP contribution in [0.4, 0.5) is 0 Å². The second kappa shape index (κ2) is 8.15. The molecule has 0 aliphatic rings. The van der Waals surface area contributed by atoms with Crippen LogP contribution in [0.25, 0.3) is 5.57 Å². The van der Waals surface area contributed by atoms with Crippen LogP contribution in [0.3, 0.4) is 0 Å². The normalized spacial score (nSPS) is 11.3. The van der Waals surface area contributed by atoms with Crippen LogP contribution in [0, 0.1) is 0 Å². The van der Waals surface area contributed by atoms with Crippen molar-refractivity contribution in [1.82, 2.24) is 4.90 Å². The number of benzene rings is 2. The minimum Gasteiger partial charge on any atom is -0.395 e. The summed E-state index contributed by atoms with van der Waals surface area (Å²) in [5, 5.41) is 9.20. The Morgan fingerprint density at radius 3 is 2.23 bits per heavy atom. The fourth-order valence-corrected chi connectivity index (χ4v) is 2.25. The molecule has 3 nitrogen and oxygen atoms in total. The molecule has 0 atom stereocenters. The molecule has 0 saturated heterocycles. The topological polar surface area (TPSA) is 40.5 Å². The van der Waals surface area contributed by atoms with Crippen molar-refractivity contribution in [3.05, 3.63) is 77.9 Å². The maximum absolute atomic E-state index is 12.5. The molecular formula is C19H21NO2. The maximum Gasteiger partial charge on any atom is 0.247 e. The van der Waals surface area contributed by atoms with E-state index in [2.05, 4.69) is 0 Å². The van der Waals surface area contributed by atoms with Gasteiger partial charge in [-0.05, 0) is 23.6 Å². The lowest BCUT2D eigenvalue weighted by molar-refractivity contribution is -0.127. The molecule has 1 N–H and O–H groups in total. The molecular weight excluding hydrogens is 274 g/mol. The lowest BCUT2D eigenvalue weighted by atomic mass is 10.1. The molecule has 0 aliphatic heterocycles.